The first-order chi connectivity index (χ1) is 7.73. The molecule has 1 atom stereocenters. The van der Waals surface area contributed by atoms with Gasteiger partial charge >= 0.3 is 0 Å². The van der Waals surface area contributed by atoms with Crippen LogP contribution >= 0.6 is 8.86 Å². The quantitative estimate of drug-likeness (QED) is 0.555. The van der Waals surface area contributed by atoms with Crippen molar-refractivity contribution in [1.82, 2.24) is 5.32 Å². The van der Waals surface area contributed by atoms with Crippen LogP contribution in [0.2, 0.25) is 0 Å². The molecule has 0 aliphatic heterocycles. The van der Waals surface area contributed by atoms with Crippen LogP contribution in [0.3, 0.4) is 0 Å². The van der Waals surface area contributed by atoms with Crippen molar-refractivity contribution in [3.05, 3.63) is 23.9 Å². The van der Waals surface area contributed by atoms with E-state index in [9.17, 15) is 4.79 Å². The fourth-order valence-electron chi connectivity index (χ4n) is 2.60. The number of rotatable bonds is 4. The summed E-state index contributed by atoms with van der Waals surface area (Å²) in [4.78, 5) is 11.1. The first-order valence-corrected chi connectivity index (χ1v) is 10.2. The second kappa shape index (κ2) is 4.97. The first-order valence-electron chi connectivity index (χ1n) is 6.38. The summed E-state index contributed by atoms with van der Waals surface area (Å²) in [6.45, 7) is 3.83. The molecule has 1 N–H and O–H groups in total. The van der Waals surface area contributed by atoms with Gasteiger partial charge in [-0.2, -0.15) is 0 Å². The van der Waals surface area contributed by atoms with E-state index in [0.717, 1.165) is 12.1 Å². The van der Waals surface area contributed by atoms with Crippen molar-refractivity contribution in [2.45, 2.75) is 31.9 Å². The molecule has 17 heavy (non-hydrogen) atoms. The van der Waals surface area contributed by atoms with Crippen LogP contribution in [-0.2, 0) is 4.79 Å². The fourth-order valence-corrected chi connectivity index (χ4v) is 6.15. The Morgan fingerprint density at radius 2 is 2.24 bits per heavy atom. The van der Waals surface area contributed by atoms with Gasteiger partial charge in [-0.1, -0.05) is 31.8 Å². The maximum Gasteiger partial charge on any atom is 0.220 e. The lowest BCUT2D eigenvalue weighted by atomic mass is 10.1. The third kappa shape index (κ3) is 3.98. The van der Waals surface area contributed by atoms with Crippen LogP contribution in [0, 0.1) is 0 Å². The Hall–Kier alpha value is -0.570. The lowest BCUT2D eigenvalue weighted by Crippen LogP contribution is -2.35. The zero-order chi connectivity index (χ0) is 13.1. The van der Waals surface area contributed by atoms with Crippen LogP contribution in [0.4, 0.5) is 0 Å². The topological polar surface area (TPSA) is 29.1 Å². The van der Waals surface area contributed by atoms with Gasteiger partial charge in [-0.3, -0.25) is 4.79 Å². The predicted octanol–water partition coefficient (Wildman–Crippen LogP) is 0.543. The van der Waals surface area contributed by atoms with Crippen molar-refractivity contribution in [3.8, 4) is 0 Å². The predicted molar refractivity (Wildman–Crippen MR) is 86.6 cm³/mol. The summed E-state index contributed by atoms with van der Waals surface area (Å²) in [5.41, 5.74) is 1.07. The molecule has 1 rings (SSSR count). The van der Waals surface area contributed by atoms with Gasteiger partial charge in [0.25, 0.3) is 0 Å². The van der Waals surface area contributed by atoms with Crippen molar-refractivity contribution in [2.24, 2.45) is 0 Å². The summed E-state index contributed by atoms with van der Waals surface area (Å²) >= 11 is 0. The zero-order valence-electron chi connectivity index (χ0n) is 11.8. The molecule has 0 bridgehead atoms. The van der Waals surface area contributed by atoms with Crippen LogP contribution in [0.1, 0.15) is 26.7 Å². The second-order valence-electron chi connectivity index (χ2n) is 6.50. The molecule has 0 spiro atoms. The maximum atomic E-state index is 11.1. The molecule has 0 radical (unpaired) electrons. The van der Waals surface area contributed by atoms with Crippen molar-refractivity contribution >= 4 is 29.0 Å². The van der Waals surface area contributed by atoms with Crippen LogP contribution in [0.15, 0.2) is 23.9 Å². The minimum Gasteiger partial charge on any atom is -0.330 e. The van der Waals surface area contributed by atoms with Gasteiger partial charge in [0.1, 0.15) is 14.2 Å². The first kappa shape index (κ1) is 14.5. The largest absolute Gasteiger partial charge is 0.330 e. The molecule has 96 valence electrons. The lowest BCUT2D eigenvalue weighted by molar-refractivity contribution is -0.118. The smallest absolute Gasteiger partial charge is 0.220 e. The summed E-state index contributed by atoms with van der Waals surface area (Å²) in [5.74, 6) is 1.35. The van der Waals surface area contributed by atoms with E-state index in [1.54, 1.807) is 6.92 Å². The number of nitrogens with one attached hydrogen (secondary N) is 1. The Morgan fingerprint density at radius 3 is 2.76 bits per heavy atom. The highest BCUT2D eigenvalue weighted by Gasteiger charge is 2.34. The molecule has 1 aliphatic carbocycles. The summed E-state index contributed by atoms with van der Waals surface area (Å²) in [6.07, 6.45) is 11.1. The number of carbonyl (C=O) groups excluding carboxylic acids is 1. The Bertz CT molecular complexity index is 368. The number of amides is 1. The summed E-state index contributed by atoms with van der Waals surface area (Å²) in [6, 6.07) is 0. The molecule has 2 nitrogen and oxygen atoms in total. The molecule has 0 aromatic heterocycles. The molecule has 0 saturated carbocycles. The molecule has 5 heteroatoms. The molecule has 1 unspecified atom stereocenters. The summed E-state index contributed by atoms with van der Waals surface area (Å²) < 4.78 is 0. The van der Waals surface area contributed by atoms with Crippen molar-refractivity contribution in [3.63, 3.8) is 0 Å². The summed E-state index contributed by atoms with van der Waals surface area (Å²) in [7, 11) is 3.27. The van der Waals surface area contributed by atoms with E-state index in [4.69, 9.17) is 0 Å². The molecule has 0 fully saturated rings. The minimum atomic E-state index is -1.65. The molecule has 0 saturated heterocycles. The number of hydrogen-bond donors (Lipinski definition) is 2. The van der Waals surface area contributed by atoms with E-state index in [1.807, 2.05) is 6.08 Å². The lowest BCUT2D eigenvalue weighted by Gasteiger charge is -2.57. The van der Waals surface area contributed by atoms with E-state index in [0.29, 0.717) is 5.25 Å². The monoisotopic (exact) mass is 253 g/mol. The highest BCUT2D eigenvalue weighted by atomic mass is 32.3. The third-order valence-corrected chi connectivity index (χ3v) is 8.51. The Labute approximate surface area is 107 Å². The Morgan fingerprint density at radius 1 is 1.59 bits per heavy atom. The second-order valence-corrected chi connectivity index (χ2v) is 14.1. The Balaban J connectivity index is 2.81. The van der Waals surface area contributed by atoms with Gasteiger partial charge in [0.15, 0.2) is 0 Å². The number of thiol groups is 1. The van der Waals surface area contributed by atoms with Crippen molar-refractivity contribution in [2.75, 3.05) is 12.0 Å². The maximum absolute atomic E-state index is 11.1. The highest BCUT2D eigenvalue weighted by Crippen LogP contribution is 2.64. The van der Waals surface area contributed by atoms with Gasteiger partial charge in [-0.05, 0) is 23.5 Å². The fraction of sp³-hybridized carbons (Fsp3) is 0.583. The molecule has 0 heterocycles. The molecular weight excluding hydrogens is 228 g/mol. The van der Waals surface area contributed by atoms with E-state index < -0.39 is 8.86 Å². The van der Waals surface area contributed by atoms with Crippen LogP contribution in [-0.4, -0.2) is 37.4 Å². The van der Waals surface area contributed by atoms with E-state index in [1.165, 1.54) is 12.2 Å². The number of hydrogen-bond acceptors (Lipinski definition) is 1. The summed E-state index contributed by atoms with van der Waals surface area (Å²) in [5, 5.41) is 3.54. The normalized spacial score (nSPS) is 22.4. The molecule has 1 amide bonds. The van der Waals surface area contributed by atoms with Gasteiger partial charge in [-0.25, -0.2) is 0 Å². The van der Waals surface area contributed by atoms with E-state index in [2.05, 4.69) is 44.9 Å². The van der Waals surface area contributed by atoms with Gasteiger partial charge in [-0.15, -0.1) is 0 Å². The van der Waals surface area contributed by atoms with Crippen LogP contribution in [0.25, 0.3) is 0 Å². The van der Waals surface area contributed by atoms with E-state index in [-0.39, 0.29) is 5.91 Å². The number of allylic oxidation sites excluding steroid dienone is 3. The molecule has 1 aliphatic rings. The van der Waals surface area contributed by atoms with E-state index >= 15 is 0 Å². The zero-order valence-corrected chi connectivity index (χ0v) is 12.7. The van der Waals surface area contributed by atoms with Gasteiger partial charge in [0.2, 0.25) is 5.91 Å². The standard InChI is InChI=1S/C12H25B2NOS/c1-4-8-17(3,13,14)12-7-5-6-11(9-12)15-10(2)16/h5-7,12,17H,4,8-9,13-14H2,1-3H3,(H,15,16). The third-order valence-electron chi connectivity index (χ3n) is 3.65. The Kier molecular flexibility index (Phi) is 4.23. The SMILES string of the molecule is B[SH](B)(C)(CCC)C1C=CC=C(NC(C)=O)C1. The number of carbonyl (C=O) groups is 1. The molecule has 0 aromatic rings. The van der Waals surface area contributed by atoms with Crippen LogP contribution in [0.5, 0.6) is 0 Å². The van der Waals surface area contributed by atoms with Gasteiger partial charge < -0.3 is 14.2 Å². The average molecular weight is 253 g/mol. The minimum absolute atomic E-state index is 0.0319. The van der Waals surface area contributed by atoms with Crippen molar-refractivity contribution in [1.29, 1.82) is 0 Å². The van der Waals surface area contributed by atoms with Crippen molar-refractivity contribution < 1.29 is 4.79 Å². The molecular formula is C12H25B2NOS. The average Bonchev–Trinajstić information content (AvgIpc) is 2.16. The molecule has 0 aromatic carbocycles. The van der Waals surface area contributed by atoms with Gasteiger partial charge in [0.05, 0.1) is 0 Å². The highest BCUT2D eigenvalue weighted by molar-refractivity contribution is 8.77. The van der Waals surface area contributed by atoms with Crippen LogP contribution < -0.4 is 5.32 Å². The van der Waals surface area contributed by atoms with Gasteiger partial charge in [0, 0.05) is 12.6 Å².